The van der Waals surface area contributed by atoms with Crippen molar-refractivity contribution in [2.45, 2.75) is 50.7 Å². The summed E-state index contributed by atoms with van der Waals surface area (Å²) < 4.78 is 33.0. The highest BCUT2D eigenvalue weighted by atomic mass is 32.2. The molecule has 0 fully saturated rings. The zero-order chi connectivity index (χ0) is 21.9. The topological polar surface area (TPSA) is 102 Å². The predicted molar refractivity (Wildman–Crippen MR) is 111 cm³/mol. The molecule has 7 nitrogen and oxygen atoms in total. The fourth-order valence-electron chi connectivity index (χ4n) is 2.35. The Morgan fingerprint density at radius 2 is 1.41 bits per heavy atom. The first-order valence-electron chi connectivity index (χ1n) is 9.04. The molecule has 29 heavy (non-hydrogen) atoms. The molecule has 0 saturated carbocycles. The molecule has 0 saturated heterocycles. The van der Waals surface area contributed by atoms with Crippen molar-refractivity contribution in [3.05, 3.63) is 60.2 Å². The average Bonchev–Trinajstić information content (AvgIpc) is 2.60. The lowest BCUT2D eigenvalue weighted by Crippen LogP contribution is -2.52. The number of anilines is 1. The molecule has 2 rings (SSSR count). The van der Waals surface area contributed by atoms with Gasteiger partial charge in [-0.25, -0.2) is 8.42 Å². The SMILES string of the molecule is CC(C)(C)OC(=O)C(C)(C)NS(=O)(=O)c1ccc(NC(=O)c2ccccc2)cc1. The van der Waals surface area contributed by atoms with Gasteiger partial charge in [0.1, 0.15) is 11.1 Å². The maximum Gasteiger partial charge on any atom is 0.327 e. The van der Waals surface area contributed by atoms with Crippen molar-refractivity contribution in [2.75, 3.05) is 5.32 Å². The largest absolute Gasteiger partial charge is 0.459 e. The molecule has 0 aliphatic carbocycles. The molecular formula is C21H26N2O5S. The van der Waals surface area contributed by atoms with Gasteiger partial charge >= 0.3 is 5.97 Å². The second-order valence-electron chi connectivity index (χ2n) is 8.08. The Kier molecular flexibility index (Phi) is 6.50. The van der Waals surface area contributed by atoms with Crippen LogP contribution in [0.3, 0.4) is 0 Å². The van der Waals surface area contributed by atoms with Crippen LogP contribution in [0.1, 0.15) is 45.0 Å². The van der Waals surface area contributed by atoms with Gasteiger partial charge < -0.3 is 10.1 Å². The van der Waals surface area contributed by atoms with Gasteiger partial charge in [-0.05, 0) is 71.0 Å². The fourth-order valence-corrected chi connectivity index (χ4v) is 3.72. The van der Waals surface area contributed by atoms with Crippen molar-refractivity contribution in [2.24, 2.45) is 0 Å². The maximum atomic E-state index is 12.7. The lowest BCUT2D eigenvalue weighted by molar-refractivity contribution is -0.160. The van der Waals surface area contributed by atoms with Gasteiger partial charge in [0.05, 0.1) is 4.90 Å². The number of benzene rings is 2. The highest BCUT2D eigenvalue weighted by molar-refractivity contribution is 7.89. The van der Waals surface area contributed by atoms with Crippen LogP contribution in [0.4, 0.5) is 5.69 Å². The second-order valence-corrected chi connectivity index (χ2v) is 9.76. The molecule has 0 aliphatic heterocycles. The van der Waals surface area contributed by atoms with E-state index in [0.717, 1.165) is 0 Å². The Morgan fingerprint density at radius 1 is 0.862 bits per heavy atom. The Morgan fingerprint density at radius 3 is 1.93 bits per heavy atom. The van der Waals surface area contributed by atoms with Gasteiger partial charge in [0.15, 0.2) is 0 Å². The molecule has 0 atom stereocenters. The summed E-state index contributed by atoms with van der Waals surface area (Å²) in [7, 11) is -3.98. The molecule has 2 aromatic carbocycles. The van der Waals surface area contributed by atoms with E-state index in [1.807, 2.05) is 6.07 Å². The van der Waals surface area contributed by atoms with E-state index >= 15 is 0 Å². The van der Waals surface area contributed by atoms with Crippen molar-refractivity contribution >= 4 is 27.6 Å². The number of rotatable bonds is 6. The predicted octanol–water partition coefficient (Wildman–Crippen LogP) is 3.34. The minimum Gasteiger partial charge on any atom is -0.459 e. The number of ether oxygens (including phenoxy) is 1. The smallest absolute Gasteiger partial charge is 0.327 e. The lowest BCUT2D eigenvalue weighted by Gasteiger charge is -2.29. The van der Waals surface area contributed by atoms with E-state index in [0.29, 0.717) is 11.3 Å². The first-order valence-corrected chi connectivity index (χ1v) is 10.5. The molecule has 8 heteroatoms. The minimum atomic E-state index is -3.98. The van der Waals surface area contributed by atoms with E-state index in [1.165, 1.54) is 38.1 Å². The Hall–Kier alpha value is -2.71. The summed E-state index contributed by atoms with van der Waals surface area (Å²) >= 11 is 0. The van der Waals surface area contributed by atoms with Crippen molar-refractivity contribution in [3.8, 4) is 0 Å². The molecule has 0 aliphatic rings. The number of hydrogen-bond donors (Lipinski definition) is 2. The number of nitrogens with one attached hydrogen (secondary N) is 2. The fraction of sp³-hybridized carbons (Fsp3) is 0.333. The van der Waals surface area contributed by atoms with Gasteiger partial charge in [0.25, 0.3) is 5.91 Å². The van der Waals surface area contributed by atoms with Crippen molar-refractivity contribution in [1.29, 1.82) is 0 Å². The zero-order valence-electron chi connectivity index (χ0n) is 17.1. The zero-order valence-corrected chi connectivity index (χ0v) is 18.0. The Labute approximate surface area is 171 Å². The van der Waals surface area contributed by atoms with Crippen LogP contribution in [-0.4, -0.2) is 31.4 Å². The summed E-state index contributed by atoms with van der Waals surface area (Å²) in [5.41, 5.74) is -1.25. The molecule has 0 unspecified atom stereocenters. The van der Waals surface area contributed by atoms with Crippen LogP contribution >= 0.6 is 0 Å². The number of amides is 1. The molecule has 0 bridgehead atoms. The highest BCUT2D eigenvalue weighted by Crippen LogP contribution is 2.19. The van der Waals surface area contributed by atoms with Crippen LogP contribution in [-0.2, 0) is 19.6 Å². The number of carbonyl (C=O) groups excluding carboxylic acids is 2. The quantitative estimate of drug-likeness (QED) is 0.701. The average molecular weight is 419 g/mol. The molecule has 0 aromatic heterocycles. The monoisotopic (exact) mass is 418 g/mol. The molecule has 156 valence electrons. The summed E-state index contributed by atoms with van der Waals surface area (Å²) in [6.45, 7) is 7.99. The first-order chi connectivity index (χ1) is 13.3. The maximum absolute atomic E-state index is 12.7. The van der Waals surface area contributed by atoms with E-state index in [1.54, 1.807) is 45.0 Å². The summed E-state index contributed by atoms with van der Waals surface area (Å²) in [5.74, 6) is -0.981. The van der Waals surface area contributed by atoms with Crippen LogP contribution < -0.4 is 10.0 Å². The van der Waals surface area contributed by atoms with Crippen molar-refractivity contribution in [1.82, 2.24) is 4.72 Å². The molecule has 0 spiro atoms. The van der Waals surface area contributed by atoms with E-state index in [4.69, 9.17) is 4.74 Å². The van der Waals surface area contributed by atoms with Crippen molar-refractivity contribution in [3.63, 3.8) is 0 Å². The summed E-state index contributed by atoms with van der Waals surface area (Å²) in [6.07, 6.45) is 0. The van der Waals surface area contributed by atoms with Gasteiger partial charge in [0.2, 0.25) is 10.0 Å². The van der Waals surface area contributed by atoms with Gasteiger partial charge in [-0.15, -0.1) is 0 Å². The number of esters is 1. The van der Waals surface area contributed by atoms with Crippen LogP contribution in [0, 0.1) is 0 Å². The van der Waals surface area contributed by atoms with Crippen molar-refractivity contribution < 1.29 is 22.7 Å². The van der Waals surface area contributed by atoms with E-state index < -0.39 is 27.1 Å². The van der Waals surface area contributed by atoms with E-state index in [-0.39, 0.29) is 10.8 Å². The van der Waals surface area contributed by atoms with Crippen LogP contribution in [0.5, 0.6) is 0 Å². The van der Waals surface area contributed by atoms with E-state index in [9.17, 15) is 18.0 Å². The third-order valence-electron chi connectivity index (χ3n) is 3.76. The highest BCUT2D eigenvalue weighted by Gasteiger charge is 2.36. The van der Waals surface area contributed by atoms with E-state index in [2.05, 4.69) is 10.0 Å². The molecule has 0 heterocycles. The molecule has 1 amide bonds. The normalized spacial score (nSPS) is 12.3. The van der Waals surface area contributed by atoms with Crippen LogP contribution in [0.15, 0.2) is 59.5 Å². The number of hydrogen-bond acceptors (Lipinski definition) is 5. The molecule has 0 radical (unpaired) electrons. The van der Waals surface area contributed by atoms with Gasteiger partial charge in [-0.1, -0.05) is 18.2 Å². The van der Waals surface area contributed by atoms with Crippen LogP contribution in [0.2, 0.25) is 0 Å². The number of carbonyl (C=O) groups is 2. The Bertz CT molecular complexity index is 976. The molecule has 2 aromatic rings. The van der Waals surface area contributed by atoms with Gasteiger partial charge in [0, 0.05) is 11.3 Å². The van der Waals surface area contributed by atoms with Crippen LogP contribution in [0.25, 0.3) is 0 Å². The summed E-state index contributed by atoms with van der Waals surface area (Å²) in [6, 6.07) is 14.3. The summed E-state index contributed by atoms with van der Waals surface area (Å²) in [4.78, 5) is 24.4. The lowest BCUT2D eigenvalue weighted by atomic mass is 10.1. The third-order valence-corrected chi connectivity index (χ3v) is 5.43. The first kappa shape index (κ1) is 22.6. The standard InChI is InChI=1S/C21H26N2O5S/c1-20(2,3)28-19(25)21(4,5)23-29(26,27)17-13-11-16(12-14-17)22-18(24)15-9-7-6-8-10-15/h6-14,23H,1-5H3,(H,22,24). The summed E-state index contributed by atoms with van der Waals surface area (Å²) in [5, 5.41) is 2.70. The second kappa shape index (κ2) is 8.34. The third kappa shape index (κ3) is 6.40. The van der Waals surface area contributed by atoms with Gasteiger partial charge in [-0.3, -0.25) is 9.59 Å². The minimum absolute atomic E-state index is 0.0353. The number of sulfonamides is 1. The van der Waals surface area contributed by atoms with Gasteiger partial charge in [-0.2, -0.15) is 4.72 Å². The Balaban J connectivity index is 2.11. The molecular weight excluding hydrogens is 392 g/mol. The molecule has 2 N–H and O–H groups in total.